The summed E-state index contributed by atoms with van der Waals surface area (Å²) in [5.41, 5.74) is 23.6. The van der Waals surface area contributed by atoms with Crippen LogP contribution >= 0.6 is 0 Å². The van der Waals surface area contributed by atoms with Crippen LogP contribution in [-0.4, -0.2) is 223 Å². The van der Waals surface area contributed by atoms with Crippen molar-refractivity contribution in [2.45, 2.75) is 329 Å². The van der Waals surface area contributed by atoms with Gasteiger partial charge >= 0.3 is 0 Å². The van der Waals surface area contributed by atoms with E-state index in [-0.39, 0.29) is 74.3 Å². The average Bonchev–Trinajstić information content (AvgIpc) is 1.53. The van der Waals surface area contributed by atoms with Crippen molar-refractivity contribution in [2.24, 2.45) is 5.92 Å². The number of anilines is 5. The highest BCUT2D eigenvalue weighted by Gasteiger charge is 2.77. The van der Waals surface area contributed by atoms with E-state index in [4.69, 9.17) is 104 Å². The number of rotatable bonds is 29. The topological polar surface area (TPSA) is 548 Å². The summed E-state index contributed by atoms with van der Waals surface area (Å²) in [6, 6.07) is 36.1. The van der Waals surface area contributed by atoms with Gasteiger partial charge in [0.1, 0.15) is 148 Å². The van der Waals surface area contributed by atoms with E-state index in [1.807, 2.05) is 95.2 Å². The number of nitrogens with two attached hydrogens (primary N) is 5. The molecule has 760 valence electrons. The van der Waals surface area contributed by atoms with Crippen LogP contribution in [0.5, 0.6) is 0 Å². The van der Waals surface area contributed by atoms with Crippen molar-refractivity contribution >= 4 is 73.3 Å². The van der Waals surface area contributed by atoms with Crippen molar-refractivity contribution in [1.29, 1.82) is 26.3 Å². The molecule has 0 saturated carbocycles. The Morgan fingerprint density at radius 1 is 0.366 bits per heavy atom. The maximum Gasteiger partial charge on any atom is 0.228 e. The van der Waals surface area contributed by atoms with E-state index in [0.717, 1.165) is 36.3 Å². The fourth-order valence-electron chi connectivity index (χ4n) is 22.3. The zero-order chi connectivity index (χ0) is 103. The third kappa shape index (κ3) is 16.9. The Kier molecular flexibility index (Phi) is 29.9. The molecule has 0 spiro atoms. The first-order valence-corrected chi connectivity index (χ1v) is 53.5. The molecule has 8 saturated heterocycles. The van der Waals surface area contributed by atoms with Crippen molar-refractivity contribution < 1.29 is 75.2 Å². The normalized spacial score (nSPS) is 32.1. The Hall–Kier alpha value is -11.4. The van der Waals surface area contributed by atoms with E-state index >= 15 is 0 Å². The summed E-state index contributed by atoms with van der Waals surface area (Å²) in [6.07, 6.45) is 10.3. The predicted octanol–water partition coefficient (Wildman–Crippen LogP) is 13.3. The molecule has 142 heavy (non-hydrogen) atoms. The molecular weight excluding hydrogens is 1850 g/mol. The minimum Gasteiger partial charge on any atom is -0.414 e. The molecule has 8 fully saturated rings. The second-order valence-corrected chi connectivity index (χ2v) is 48.6. The summed E-state index contributed by atoms with van der Waals surface area (Å²) in [6.45, 7) is 54.5. The zero-order valence-electron chi connectivity index (χ0n) is 85.0. The molecule has 0 amide bonds. The molecule has 8 aliphatic rings. The maximum atomic E-state index is 10.9. The van der Waals surface area contributed by atoms with Crippen molar-refractivity contribution in [3.8, 4) is 30.3 Å². The third-order valence-electron chi connectivity index (χ3n) is 30.2. The molecule has 0 radical (unpaired) electrons. The summed E-state index contributed by atoms with van der Waals surface area (Å²) in [5, 5.41) is 73.6. The van der Waals surface area contributed by atoms with Gasteiger partial charge in [-0.05, 0) is 192 Å². The molecule has 41 nitrogen and oxygen atoms in total. The smallest absolute Gasteiger partial charge is 0.228 e. The van der Waals surface area contributed by atoms with Crippen molar-refractivity contribution in [2.75, 3.05) is 61.7 Å². The van der Waals surface area contributed by atoms with Crippen LogP contribution in [0.4, 0.5) is 29.1 Å². The summed E-state index contributed by atoms with van der Waals surface area (Å²) < 4.78 is 109. The molecular formula is C99H135N25O16Si2. The average molecular weight is 1990 g/mol. The van der Waals surface area contributed by atoms with Gasteiger partial charge in [0.15, 0.2) is 63.1 Å². The Labute approximate surface area is 829 Å². The number of nitrogen functional groups attached to an aromatic ring is 5. The lowest BCUT2D eigenvalue weighted by Crippen LogP contribution is -2.57. The van der Waals surface area contributed by atoms with Gasteiger partial charge in [0.2, 0.25) is 28.0 Å². The number of fused-ring (bicyclic) bond motifs is 8. The summed E-state index contributed by atoms with van der Waals surface area (Å²) in [4.78, 5) is 20.1. The van der Waals surface area contributed by atoms with Crippen LogP contribution < -0.4 is 28.7 Å². The van der Waals surface area contributed by atoms with Crippen LogP contribution in [0.3, 0.4) is 0 Å². The van der Waals surface area contributed by atoms with Crippen molar-refractivity contribution in [3.63, 3.8) is 0 Å². The van der Waals surface area contributed by atoms with Crippen LogP contribution in [0, 0.1) is 62.6 Å². The summed E-state index contributed by atoms with van der Waals surface area (Å²) >= 11 is 0. The standard InChI is InChI=1S/C26H45N5O3Si2.C22H27N5O4.3C17H21N5O3/c1-9-35(10-2,11-3)32-17-22-20(7)25(8,34-36(12-4,13-5)14-6)26(18-27,33-22)23-16-15-21-24(28)29-19-30-31(21)23;1-5-10-28-13-17-19(29-11-6-2)21(4,30-12-7-3)22(14-23,31-17)18-9-8-16-20(24)25-15-26-27(16)18;3*1-5-11-13-16(4,25-15(2,3)24-13)17(8-18,23-11)12-7-6-10-14(19)20-9-21-22(10)12/h15-16,19-20,22H,9-14,17H2,1-8H3,(H2,28,29,30);5-9,15,17,19H,1-3,10-13H2,4H3,(H2,24,25,26);3*6-7,9,11,13H,5H2,1-4H3,(H2,19,20,21)/t20-,22-,25-,26+;17-,19-,21-,22+;3*11-,13-,16-,17+/m11111/s1. The van der Waals surface area contributed by atoms with Crippen LogP contribution in [0.2, 0.25) is 36.3 Å². The second kappa shape index (κ2) is 39.9. The second-order valence-electron chi connectivity index (χ2n) is 39.1. The molecule has 10 N–H and O–H groups in total. The Bertz CT molecular complexity index is 6170. The van der Waals surface area contributed by atoms with Crippen LogP contribution in [0.1, 0.15) is 193 Å². The molecule has 0 bridgehead atoms. The van der Waals surface area contributed by atoms with E-state index in [0.29, 0.717) is 112 Å². The number of aromatic nitrogens is 15. The highest BCUT2D eigenvalue weighted by atomic mass is 28.4. The molecule has 0 unspecified atom stereocenters. The van der Waals surface area contributed by atoms with E-state index in [1.165, 1.54) is 31.6 Å². The summed E-state index contributed by atoms with van der Waals surface area (Å²) in [5.74, 6) is -0.830. The van der Waals surface area contributed by atoms with Gasteiger partial charge in [-0.15, -0.1) is 19.7 Å². The Morgan fingerprint density at radius 3 is 0.930 bits per heavy atom. The maximum absolute atomic E-state index is 10.9. The molecule has 0 aliphatic carbocycles. The molecule has 18 rings (SSSR count). The van der Waals surface area contributed by atoms with Crippen LogP contribution in [-0.2, 0) is 103 Å². The molecule has 43 heteroatoms. The molecule has 10 aromatic rings. The fraction of sp³-hybridized carbons (Fsp3) is 0.586. The van der Waals surface area contributed by atoms with Gasteiger partial charge in [-0.25, -0.2) is 47.5 Å². The van der Waals surface area contributed by atoms with Gasteiger partial charge in [-0.3, -0.25) is 0 Å². The first-order valence-electron chi connectivity index (χ1n) is 48.5. The third-order valence-corrected chi connectivity index (χ3v) is 39.5. The monoisotopic (exact) mass is 1990 g/mol. The summed E-state index contributed by atoms with van der Waals surface area (Å²) in [7, 11) is -3.97. The van der Waals surface area contributed by atoms with Gasteiger partial charge < -0.3 is 104 Å². The van der Waals surface area contributed by atoms with Gasteiger partial charge in [-0.2, -0.15) is 51.8 Å². The SMILES string of the molecule is C=CCOC[C@H]1O[C@@](C#N)(c2ccc3c(N)ncnn23)[C@](C)(OCC=C)[C@@H]1OCC=C.CC[C@H]1O[C@@](C#N)(c2ccc3c(N)ncnn23)[C@]2(C)OC(C)(C)O[C@H]12.CC[C@H]1O[C@@](C#N)(c2ccc3c(N)ncnn23)[C@]2(C)OC(C)(C)O[C@H]12.CC[C@H]1O[C@@](C#N)(c2ccc3c(N)ncnn23)[C@]2(C)OC(C)(C)O[C@H]12.CC[Si](CC)(CC)OC[C@H]1O[C@@](C#N)(c2ccc3c(N)ncnn23)[C@](C)(O[Si](CC)(CC)CC)[C@@H]1C. The van der Waals surface area contributed by atoms with E-state index in [1.54, 1.807) is 96.3 Å². The van der Waals surface area contributed by atoms with Gasteiger partial charge in [0.05, 0.1) is 85.9 Å². The molecule has 18 heterocycles. The van der Waals surface area contributed by atoms with Crippen LogP contribution in [0.15, 0.2) is 130 Å². The van der Waals surface area contributed by atoms with Crippen molar-refractivity contribution in [3.05, 3.63) is 159 Å². The van der Waals surface area contributed by atoms with Crippen molar-refractivity contribution in [1.82, 2.24) is 73.0 Å². The number of hydrogen-bond acceptors (Lipinski definition) is 36. The van der Waals surface area contributed by atoms with E-state index < -0.39 is 102 Å². The van der Waals surface area contributed by atoms with Gasteiger partial charge in [0.25, 0.3) is 0 Å². The van der Waals surface area contributed by atoms with Gasteiger partial charge in [-0.1, -0.05) is 87.5 Å². The lowest BCUT2D eigenvalue weighted by molar-refractivity contribution is -0.221. The Balaban J connectivity index is 0.000000142. The zero-order valence-corrected chi connectivity index (χ0v) is 87.0. The first-order chi connectivity index (χ1) is 67.4. The lowest BCUT2D eigenvalue weighted by Gasteiger charge is -2.45. The highest BCUT2D eigenvalue weighted by Crippen LogP contribution is 2.62. The molecule has 0 aromatic carbocycles. The van der Waals surface area contributed by atoms with E-state index in [9.17, 15) is 26.3 Å². The Morgan fingerprint density at radius 2 is 0.648 bits per heavy atom. The quantitative estimate of drug-likeness (QED) is 0.0165. The van der Waals surface area contributed by atoms with E-state index in [2.05, 4.69) is 156 Å². The largest absolute Gasteiger partial charge is 0.414 e. The van der Waals surface area contributed by atoms with Crippen LogP contribution in [0.25, 0.3) is 27.6 Å². The van der Waals surface area contributed by atoms with Gasteiger partial charge in [0, 0.05) is 5.92 Å². The first kappa shape index (κ1) is 106. The highest BCUT2D eigenvalue weighted by molar-refractivity contribution is 6.74. The number of ether oxygens (including phenoxy) is 14. The minimum absolute atomic E-state index is 0.0734. The number of nitrogens with zero attached hydrogens (tertiary/aromatic N) is 20. The molecule has 20 atom stereocenters. The lowest BCUT2D eigenvalue weighted by atomic mass is 9.76. The number of hydrogen-bond donors (Lipinski definition) is 5. The predicted molar refractivity (Wildman–Crippen MR) is 529 cm³/mol. The minimum atomic E-state index is -2.13. The fourth-order valence-corrected chi connectivity index (χ4v) is 28.1. The molecule has 8 aliphatic heterocycles. The molecule has 10 aromatic heterocycles. The number of nitriles is 5.